The molecule has 0 aliphatic rings. The second-order valence-corrected chi connectivity index (χ2v) is 3.07. The van der Waals surface area contributed by atoms with Crippen molar-refractivity contribution < 1.29 is 31.3 Å². The molecule has 0 radical (unpaired) electrons. The molecule has 98 valence electrons. The van der Waals surface area contributed by atoms with Gasteiger partial charge >= 0.3 is 17.9 Å². The lowest BCUT2D eigenvalue weighted by Gasteiger charge is -2.11. The third-order valence-electron chi connectivity index (χ3n) is 1.58. The second kappa shape index (κ2) is 8.55. The Bertz CT molecular complexity index is 342. The zero-order chi connectivity index (χ0) is 15.1. The smallest absolute Gasteiger partial charge is 0.347 e. The van der Waals surface area contributed by atoms with Crippen molar-refractivity contribution in [3.63, 3.8) is 0 Å². The molecule has 0 bridgehead atoms. The van der Waals surface area contributed by atoms with Crippen LogP contribution in [0.5, 0.6) is 0 Å². The van der Waals surface area contributed by atoms with Gasteiger partial charge in [-0.3, -0.25) is 9.59 Å². The molecular weight excluding hydrogens is 228 g/mol. The van der Waals surface area contributed by atoms with Crippen LogP contribution in [0.3, 0.4) is 0 Å². The van der Waals surface area contributed by atoms with Crippen LogP contribution >= 0.6 is 0 Å². The van der Waals surface area contributed by atoms with E-state index in [1.807, 2.05) is 0 Å². The lowest BCUT2D eigenvalue weighted by atomic mass is 10.3. The lowest BCUT2D eigenvalue weighted by Crippen LogP contribution is -2.26. The van der Waals surface area contributed by atoms with Gasteiger partial charge in [0.05, 0.1) is 13.2 Å². The summed E-state index contributed by atoms with van der Waals surface area (Å²) in [7, 11) is 0. The quantitative estimate of drug-likeness (QED) is 0.490. The molecular formula is C11H18O6. The summed E-state index contributed by atoms with van der Waals surface area (Å²) >= 11 is 0. The summed E-state index contributed by atoms with van der Waals surface area (Å²) in [6, 6.07) is 0. The molecule has 0 fully saturated rings. The Morgan fingerprint density at radius 1 is 1.29 bits per heavy atom. The third-order valence-corrected chi connectivity index (χ3v) is 1.58. The fourth-order valence-corrected chi connectivity index (χ4v) is 0.858. The highest BCUT2D eigenvalue weighted by atomic mass is 16.6. The first kappa shape index (κ1) is 11.9. The first-order valence-electron chi connectivity index (χ1n) is 6.21. The molecule has 6 nitrogen and oxygen atoms in total. The van der Waals surface area contributed by atoms with Crippen LogP contribution < -0.4 is 0 Å². The van der Waals surface area contributed by atoms with Gasteiger partial charge in [-0.1, -0.05) is 0 Å². The molecule has 0 unspecified atom stereocenters. The number of carbonyl (C=O) groups excluding carboxylic acids is 3. The van der Waals surface area contributed by atoms with Crippen molar-refractivity contribution >= 4 is 17.9 Å². The largest absolute Gasteiger partial charge is 0.466 e. The van der Waals surface area contributed by atoms with Crippen LogP contribution in [0.25, 0.3) is 0 Å². The molecule has 0 N–H and O–H groups in total. The standard InChI is InChI=1S/C11H18O6/c1-4-15-11(14)8(2)17-10(13)6-5-7-16-9(3)12/h8H,4-7H2,1-3H3/t8-/m0/s1/i6D2. The number of rotatable bonds is 7. The number of hydrogen-bond acceptors (Lipinski definition) is 6. The Labute approximate surface area is 103 Å². The molecule has 0 saturated heterocycles. The Hall–Kier alpha value is -1.59. The summed E-state index contributed by atoms with van der Waals surface area (Å²) in [5.74, 6) is -2.50. The van der Waals surface area contributed by atoms with Gasteiger partial charge in [-0.05, 0) is 20.3 Å². The van der Waals surface area contributed by atoms with Crippen LogP contribution in [0.2, 0.25) is 0 Å². The van der Waals surface area contributed by atoms with Crippen molar-refractivity contribution in [1.29, 1.82) is 0 Å². The number of carbonyl (C=O) groups is 3. The molecule has 0 aromatic rings. The Kier molecular flexibility index (Phi) is 5.98. The number of hydrogen-bond donors (Lipinski definition) is 0. The highest BCUT2D eigenvalue weighted by molar-refractivity contribution is 5.78. The molecule has 0 aromatic carbocycles. The molecule has 6 heteroatoms. The van der Waals surface area contributed by atoms with E-state index in [4.69, 9.17) is 2.74 Å². The van der Waals surface area contributed by atoms with Crippen molar-refractivity contribution in [3.8, 4) is 0 Å². The maximum Gasteiger partial charge on any atom is 0.347 e. The average molecular weight is 248 g/mol. The second-order valence-electron chi connectivity index (χ2n) is 3.07. The summed E-state index contributed by atoms with van der Waals surface area (Å²) < 4.78 is 28.7. The maximum absolute atomic E-state index is 11.5. The summed E-state index contributed by atoms with van der Waals surface area (Å²) in [6.45, 7) is 3.96. The van der Waals surface area contributed by atoms with Crippen LogP contribution in [-0.2, 0) is 28.6 Å². The van der Waals surface area contributed by atoms with E-state index in [-0.39, 0.29) is 19.6 Å². The van der Waals surface area contributed by atoms with E-state index in [9.17, 15) is 14.4 Å². The van der Waals surface area contributed by atoms with Gasteiger partial charge in [0.1, 0.15) is 0 Å². The van der Waals surface area contributed by atoms with E-state index in [2.05, 4.69) is 14.2 Å². The maximum atomic E-state index is 11.5. The average Bonchev–Trinajstić information content (AvgIpc) is 2.28. The fourth-order valence-electron chi connectivity index (χ4n) is 0.858. The van der Waals surface area contributed by atoms with E-state index in [1.165, 1.54) is 13.8 Å². The zero-order valence-electron chi connectivity index (χ0n) is 12.1. The van der Waals surface area contributed by atoms with E-state index in [1.54, 1.807) is 6.92 Å². The predicted molar refractivity (Wildman–Crippen MR) is 58.1 cm³/mol. The van der Waals surface area contributed by atoms with E-state index in [0.29, 0.717) is 0 Å². The SMILES string of the molecule is [2H]C([2H])(CCOC(C)=O)C(=O)O[C@@H](C)C(=O)OCC. The Balaban J connectivity index is 4.30. The molecule has 0 spiro atoms. The van der Waals surface area contributed by atoms with Crippen molar-refractivity contribution in [2.45, 2.75) is 39.7 Å². The van der Waals surface area contributed by atoms with Crippen molar-refractivity contribution in [2.24, 2.45) is 0 Å². The molecule has 0 aromatic heterocycles. The van der Waals surface area contributed by atoms with Gasteiger partial charge in [-0.2, -0.15) is 0 Å². The first-order valence-corrected chi connectivity index (χ1v) is 5.21. The van der Waals surface area contributed by atoms with Gasteiger partial charge in [0.15, 0.2) is 6.10 Å². The molecule has 1 atom stereocenters. The Morgan fingerprint density at radius 2 is 1.94 bits per heavy atom. The van der Waals surface area contributed by atoms with Gasteiger partial charge in [0, 0.05) is 16.0 Å². The fraction of sp³-hybridized carbons (Fsp3) is 0.727. The first-order chi connectivity index (χ1) is 8.70. The molecule has 0 aliphatic carbocycles. The summed E-state index contributed by atoms with van der Waals surface area (Å²) in [4.78, 5) is 33.2. The summed E-state index contributed by atoms with van der Waals surface area (Å²) in [5, 5.41) is 0. The van der Waals surface area contributed by atoms with Crippen molar-refractivity contribution in [1.82, 2.24) is 0 Å². The molecule has 0 amide bonds. The van der Waals surface area contributed by atoms with E-state index in [0.717, 1.165) is 0 Å². The lowest BCUT2D eigenvalue weighted by molar-refractivity contribution is -0.166. The monoisotopic (exact) mass is 248 g/mol. The van der Waals surface area contributed by atoms with Gasteiger partial charge in [-0.15, -0.1) is 0 Å². The van der Waals surface area contributed by atoms with Crippen molar-refractivity contribution in [2.75, 3.05) is 13.2 Å². The molecule has 0 aliphatic heterocycles. The van der Waals surface area contributed by atoms with Gasteiger partial charge in [-0.25, -0.2) is 4.79 Å². The number of esters is 3. The van der Waals surface area contributed by atoms with E-state index < -0.39 is 30.4 Å². The molecule has 0 saturated carbocycles. The van der Waals surface area contributed by atoms with E-state index >= 15 is 0 Å². The predicted octanol–water partition coefficient (Wildman–Crippen LogP) is 0.825. The van der Waals surface area contributed by atoms with Gasteiger partial charge < -0.3 is 14.2 Å². The van der Waals surface area contributed by atoms with Crippen LogP contribution in [0.15, 0.2) is 0 Å². The Morgan fingerprint density at radius 3 is 2.47 bits per heavy atom. The van der Waals surface area contributed by atoms with Crippen LogP contribution in [0.1, 0.15) is 36.3 Å². The minimum Gasteiger partial charge on any atom is -0.466 e. The summed E-state index contributed by atoms with van der Waals surface area (Å²) in [6.07, 6.45) is -3.87. The molecule has 0 rings (SSSR count). The van der Waals surface area contributed by atoms with Crippen LogP contribution in [0.4, 0.5) is 0 Å². The normalized spacial score (nSPS) is 14.1. The van der Waals surface area contributed by atoms with Gasteiger partial charge in [0.2, 0.25) is 0 Å². The highest BCUT2D eigenvalue weighted by Crippen LogP contribution is 2.00. The number of ether oxygens (including phenoxy) is 3. The summed E-state index contributed by atoms with van der Waals surface area (Å²) in [5.41, 5.74) is 0. The molecule has 17 heavy (non-hydrogen) atoms. The zero-order valence-corrected chi connectivity index (χ0v) is 10.1. The minimum atomic E-state index is -2.34. The van der Waals surface area contributed by atoms with Crippen LogP contribution in [-0.4, -0.2) is 37.2 Å². The van der Waals surface area contributed by atoms with Gasteiger partial charge in [0.25, 0.3) is 0 Å². The van der Waals surface area contributed by atoms with Crippen molar-refractivity contribution in [3.05, 3.63) is 0 Å². The minimum absolute atomic E-state index is 0.139. The third kappa shape index (κ3) is 8.24. The molecule has 0 heterocycles. The highest BCUT2D eigenvalue weighted by Gasteiger charge is 2.18. The topological polar surface area (TPSA) is 78.9 Å². The van der Waals surface area contributed by atoms with Crippen LogP contribution in [0, 0.1) is 0 Å².